The van der Waals surface area contributed by atoms with Crippen LogP contribution < -0.4 is 5.32 Å². The van der Waals surface area contributed by atoms with E-state index in [0.717, 1.165) is 17.3 Å². The number of nitrogens with one attached hydrogen (secondary N) is 1. The summed E-state index contributed by atoms with van der Waals surface area (Å²) in [5.74, 6) is 0.716. The van der Waals surface area contributed by atoms with Gasteiger partial charge in [-0.2, -0.15) is 0 Å². The molecule has 1 fully saturated rings. The highest BCUT2D eigenvalue weighted by molar-refractivity contribution is 7.87. The maximum Gasteiger partial charge on any atom is 0.180 e. The highest BCUT2D eigenvalue weighted by atomic mass is 32.2. The third kappa shape index (κ3) is 2.62. The van der Waals surface area contributed by atoms with Gasteiger partial charge in [-0.3, -0.25) is 4.21 Å². The molecule has 3 nitrogen and oxygen atoms in total. The summed E-state index contributed by atoms with van der Waals surface area (Å²) in [7, 11) is -0.905. The Morgan fingerprint density at radius 1 is 1.64 bits per heavy atom. The molecular formula is C9H14N2OS2. The molecule has 0 aromatic carbocycles. The molecule has 0 bridgehead atoms. The summed E-state index contributed by atoms with van der Waals surface area (Å²) in [6.07, 6.45) is 5.37. The van der Waals surface area contributed by atoms with Crippen LogP contribution in [0.2, 0.25) is 0 Å². The zero-order valence-electron chi connectivity index (χ0n) is 7.94. The van der Waals surface area contributed by atoms with E-state index in [4.69, 9.17) is 0 Å². The van der Waals surface area contributed by atoms with Crippen molar-refractivity contribution in [3.05, 3.63) is 11.6 Å². The van der Waals surface area contributed by atoms with Crippen molar-refractivity contribution in [2.24, 2.45) is 0 Å². The Bertz CT molecular complexity index is 294. The summed E-state index contributed by atoms with van der Waals surface area (Å²) in [5.41, 5.74) is 0. The van der Waals surface area contributed by atoms with Crippen LogP contribution in [-0.2, 0) is 10.8 Å². The maximum atomic E-state index is 11.8. The van der Waals surface area contributed by atoms with Crippen molar-refractivity contribution in [2.75, 3.05) is 12.3 Å². The van der Waals surface area contributed by atoms with E-state index in [1.165, 1.54) is 24.2 Å². The van der Waals surface area contributed by atoms with Gasteiger partial charge in [0.05, 0.1) is 10.8 Å². The van der Waals surface area contributed by atoms with Gasteiger partial charge in [0.15, 0.2) is 4.34 Å². The highest BCUT2D eigenvalue weighted by Crippen LogP contribution is 2.14. The van der Waals surface area contributed by atoms with Crippen molar-refractivity contribution in [3.63, 3.8) is 0 Å². The largest absolute Gasteiger partial charge is 0.313 e. The second-order valence-electron chi connectivity index (χ2n) is 3.46. The molecule has 0 unspecified atom stereocenters. The molecule has 2 heterocycles. The van der Waals surface area contributed by atoms with E-state index in [2.05, 4.69) is 10.3 Å². The predicted octanol–water partition coefficient (Wildman–Crippen LogP) is 1.39. The van der Waals surface area contributed by atoms with Gasteiger partial charge in [0.2, 0.25) is 0 Å². The van der Waals surface area contributed by atoms with E-state index >= 15 is 0 Å². The lowest BCUT2D eigenvalue weighted by Gasteiger charge is -2.22. The molecule has 1 aromatic heterocycles. The smallest absolute Gasteiger partial charge is 0.180 e. The molecule has 1 aromatic rings. The summed E-state index contributed by atoms with van der Waals surface area (Å²) < 4.78 is 12.6. The van der Waals surface area contributed by atoms with Crippen LogP contribution in [0.1, 0.15) is 19.3 Å². The molecule has 14 heavy (non-hydrogen) atoms. The fourth-order valence-corrected chi connectivity index (χ4v) is 3.77. The Balaban J connectivity index is 1.87. The fraction of sp³-hybridized carbons (Fsp3) is 0.667. The molecular weight excluding hydrogens is 216 g/mol. The van der Waals surface area contributed by atoms with Crippen molar-refractivity contribution in [1.29, 1.82) is 0 Å². The second kappa shape index (κ2) is 5.00. The summed E-state index contributed by atoms with van der Waals surface area (Å²) >= 11 is 1.48. The molecule has 0 saturated carbocycles. The van der Waals surface area contributed by atoms with Gasteiger partial charge < -0.3 is 5.32 Å². The molecule has 1 saturated heterocycles. The fourth-order valence-electron chi connectivity index (χ4n) is 1.64. The second-order valence-corrected chi connectivity index (χ2v) is 6.02. The average molecular weight is 230 g/mol. The third-order valence-corrected chi connectivity index (χ3v) is 4.98. The van der Waals surface area contributed by atoms with Crippen LogP contribution in [0.15, 0.2) is 15.9 Å². The van der Waals surface area contributed by atoms with Gasteiger partial charge >= 0.3 is 0 Å². The Hall–Kier alpha value is -0.260. The van der Waals surface area contributed by atoms with Crippen LogP contribution in [0.3, 0.4) is 0 Å². The highest BCUT2D eigenvalue weighted by Gasteiger charge is 2.17. The van der Waals surface area contributed by atoms with Crippen molar-refractivity contribution < 1.29 is 4.21 Å². The average Bonchev–Trinajstić information content (AvgIpc) is 2.72. The Labute approximate surface area is 90.4 Å². The van der Waals surface area contributed by atoms with Crippen LogP contribution in [0.25, 0.3) is 0 Å². The van der Waals surface area contributed by atoms with E-state index in [1.807, 2.05) is 5.38 Å². The minimum absolute atomic E-state index is 0.425. The Morgan fingerprint density at radius 2 is 2.57 bits per heavy atom. The van der Waals surface area contributed by atoms with Crippen molar-refractivity contribution in [2.45, 2.75) is 29.6 Å². The van der Waals surface area contributed by atoms with E-state index in [0.29, 0.717) is 11.8 Å². The van der Waals surface area contributed by atoms with Gasteiger partial charge in [-0.05, 0) is 19.4 Å². The molecule has 0 radical (unpaired) electrons. The molecule has 1 aliphatic rings. The first-order valence-corrected chi connectivity index (χ1v) is 7.07. The quantitative estimate of drug-likeness (QED) is 0.853. The van der Waals surface area contributed by atoms with Crippen LogP contribution in [0, 0.1) is 0 Å². The van der Waals surface area contributed by atoms with Gasteiger partial charge in [0.25, 0.3) is 0 Å². The van der Waals surface area contributed by atoms with Gasteiger partial charge in [-0.25, -0.2) is 4.98 Å². The number of piperidine rings is 1. The summed E-state index contributed by atoms with van der Waals surface area (Å²) in [6.45, 7) is 1.07. The van der Waals surface area contributed by atoms with Crippen LogP contribution in [0.5, 0.6) is 0 Å². The Kier molecular flexibility index (Phi) is 3.67. The van der Waals surface area contributed by atoms with Crippen molar-refractivity contribution in [1.82, 2.24) is 10.3 Å². The minimum atomic E-state index is -0.905. The molecule has 0 amide bonds. The van der Waals surface area contributed by atoms with E-state index in [-0.39, 0.29) is 0 Å². The summed E-state index contributed by atoms with van der Waals surface area (Å²) in [4.78, 5) is 4.07. The third-order valence-electron chi connectivity index (χ3n) is 2.37. The molecule has 0 aliphatic carbocycles. The first-order valence-electron chi connectivity index (χ1n) is 4.87. The molecule has 78 valence electrons. The lowest BCUT2D eigenvalue weighted by Crippen LogP contribution is -2.38. The summed E-state index contributed by atoms with van der Waals surface area (Å²) in [5, 5.41) is 5.27. The van der Waals surface area contributed by atoms with Crippen molar-refractivity contribution in [3.8, 4) is 0 Å². The number of aromatic nitrogens is 1. The molecule has 1 N–H and O–H groups in total. The Morgan fingerprint density at radius 3 is 3.21 bits per heavy atom. The SMILES string of the molecule is O=[S@@](C[C@@H]1CCCCN1)c1nccs1. The molecule has 5 heteroatoms. The lowest BCUT2D eigenvalue weighted by molar-refractivity contribution is 0.427. The maximum absolute atomic E-state index is 11.8. The van der Waals surface area contributed by atoms with E-state index in [1.54, 1.807) is 6.20 Å². The minimum Gasteiger partial charge on any atom is -0.313 e. The van der Waals surface area contributed by atoms with Gasteiger partial charge in [0, 0.05) is 23.4 Å². The van der Waals surface area contributed by atoms with Gasteiger partial charge in [-0.15, -0.1) is 11.3 Å². The van der Waals surface area contributed by atoms with Crippen molar-refractivity contribution >= 4 is 22.1 Å². The van der Waals surface area contributed by atoms with E-state index < -0.39 is 10.8 Å². The zero-order valence-corrected chi connectivity index (χ0v) is 9.57. The molecule has 2 atom stereocenters. The van der Waals surface area contributed by atoms with Crippen LogP contribution in [0.4, 0.5) is 0 Å². The van der Waals surface area contributed by atoms with Crippen LogP contribution in [-0.4, -0.2) is 27.5 Å². The number of hydrogen-bond donors (Lipinski definition) is 1. The number of rotatable bonds is 3. The van der Waals surface area contributed by atoms with Crippen LogP contribution >= 0.6 is 11.3 Å². The van der Waals surface area contributed by atoms with E-state index in [9.17, 15) is 4.21 Å². The van der Waals surface area contributed by atoms with Gasteiger partial charge in [-0.1, -0.05) is 6.42 Å². The molecule has 0 spiro atoms. The number of nitrogens with zero attached hydrogens (tertiary/aromatic N) is 1. The topological polar surface area (TPSA) is 42.0 Å². The standard InChI is InChI=1S/C9H14N2OS2/c12-14(9-11-5-6-13-9)7-8-3-1-2-4-10-8/h5-6,8,10H,1-4,7H2/t8-,14-/m0/s1. The predicted molar refractivity (Wildman–Crippen MR) is 59.0 cm³/mol. The number of thiazole rings is 1. The molecule has 1 aliphatic heterocycles. The lowest BCUT2D eigenvalue weighted by atomic mass is 10.1. The van der Waals surface area contributed by atoms with Gasteiger partial charge in [0.1, 0.15) is 0 Å². The normalized spacial score (nSPS) is 24.7. The first kappa shape index (κ1) is 10.3. The molecule has 2 rings (SSSR count). The zero-order chi connectivity index (χ0) is 9.80. The number of hydrogen-bond acceptors (Lipinski definition) is 4. The monoisotopic (exact) mass is 230 g/mol. The first-order chi connectivity index (χ1) is 6.86. The summed E-state index contributed by atoms with van der Waals surface area (Å²) in [6, 6.07) is 0.425.